The molecule has 8 heteroatoms. The standard InChI is InChI=1S/C11H18N2O4S2/c1-7-9(18-10(12-7)17-5)19(15,16)13-8(14)6-11(2,3)4/h6H2,1-5H3,(H,13,14). The van der Waals surface area contributed by atoms with Crippen LogP contribution in [0.1, 0.15) is 32.9 Å². The van der Waals surface area contributed by atoms with E-state index in [1.807, 2.05) is 20.8 Å². The molecular formula is C11H18N2O4S2. The lowest BCUT2D eigenvalue weighted by atomic mass is 9.92. The van der Waals surface area contributed by atoms with Gasteiger partial charge in [0.25, 0.3) is 15.2 Å². The van der Waals surface area contributed by atoms with Crippen molar-refractivity contribution in [2.75, 3.05) is 7.11 Å². The summed E-state index contributed by atoms with van der Waals surface area (Å²) in [4.78, 5) is 15.6. The van der Waals surface area contributed by atoms with E-state index in [0.717, 1.165) is 11.3 Å². The minimum Gasteiger partial charge on any atom is -0.473 e. The van der Waals surface area contributed by atoms with Crippen LogP contribution in [-0.4, -0.2) is 26.4 Å². The second-order valence-electron chi connectivity index (χ2n) is 5.32. The molecule has 1 aromatic heterocycles. The fourth-order valence-corrected chi connectivity index (χ4v) is 3.70. The van der Waals surface area contributed by atoms with Gasteiger partial charge in [0.1, 0.15) is 0 Å². The highest BCUT2D eigenvalue weighted by Crippen LogP contribution is 2.28. The number of thiazole rings is 1. The van der Waals surface area contributed by atoms with Crippen LogP contribution in [0.3, 0.4) is 0 Å². The van der Waals surface area contributed by atoms with Gasteiger partial charge in [-0.2, -0.15) is 0 Å². The molecule has 0 fully saturated rings. The van der Waals surface area contributed by atoms with E-state index in [-0.39, 0.29) is 21.2 Å². The Morgan fingerprint density at radius 2 is 2.00 bits per heavy atom. The zero-order chi connectivity index (χ0) is 14.8. The van der Waals surface area contributed by atoms with Gasteiger partial charge < -0.3 is 4.74 Å². The van der Waals surface area contributed by atoms with E-state index in [2.05, 4.69) is 9.71 Å². The number of amides is 1. The maximum absolute atomic E-state index is 12.1. The Labute approximate surface area is 117 Å². The number of aryl methyl sites for hydroxylation is 1. The van der Waals surface area contributed by atoms with E-state index in [1.165, 1.54) is 7.11 Å². The summed E-state index contributed by atoms with van der Waals surface area (Å²) < 4.78 is 31.1. The van der Waals surface area contributed by atoms with E-state index >= 15 is 0 Å². The maximum Gasteiger partial charge on any atom is 0.275 e. The Morgan fingerprint density at radius 3 is 2.42 bits per heavy atom. The highest BCUT2D eigenvalue weighted by Gasteiger charge is 2.26. The molecule has 0 atom stereocenters. The monoisotopic (exact) mass is 306 g/mol. The number of hydrogen-bond donors (Lipinski definition) is 1. The SMILES string of the molecule is COc1nc(C)c(S(=O)(=O)NC(=O)CC(C)(C)C)s1. The molecule has 0 aliphatic carbocycles. The summed E-state index contributed by atoms with van der Waals surface area (Å²) >= 11 is 0.890. The predicted molar refractivity (Wildman–Crippen MR) is 72.8 cm³/mol. The van der Waals surface area contributed by atoms with E-state index in [4.69, 9.17) is 4.74 Å². The second kappa shape index (κ2) is 5.46. The van der Waals surface area contributed by atoms with Crippen molar-refractivity contribution in [1.29, 1.82) is 0 Å². The average Bonchev–Trinajstić information content (AvgIpc) is 2.56. The molecule has 1 heterocycles. The number of hydrogen-bond acceptors (Lipinski definition) is 6. The van der Waals surface area contributed by atoms with Gasteiger partial charge in [-0.1, -0.05) is 32.1 Å². The Kier molecular flexibility index (Phi) is 4.57. The zero-order valence-corrected chi connectivity index (χ0v) is 13.2. The molecule has 6 nitrogen and oxygen atoms in total. The smallest absolute Gasteiger partial charge is 0.275 e. The summed E-state index contributed by atoms with van der Waals surface area (Å²) in [5, 5.41) is 0.251. The molecule has 0 aliphatic heterocycles. The van der Waals surface area contributed by atoms with E-state index in [1.54, 1.807) is 6.92 Å². The largest absolute Gasteiger partial charge is 0.473 e. The molecule has 108 valence electrons. The molecule has 0 saturated carbocycles. The summed E-state index contributed by atoms with van der Waals surface area (Å²) in [6.45, 7) is 7.14. The van der Waals surface area contributed by atoms with Crippen molar-refractivity contribution in [2.24, 2.45) is 5.41 Å². The fraction of sp³-hybridized carbons (Fsp3) is 0.636. The number of methoxy groups -OCH3 is 1. The number of ether oxygens (including phenoxy) is 1. The summed E-state index contributed by atoms with van der Waals surface area (Å²) in [5.41, 5.74) is 0.0398. The van der Waals surface area contributed by atoms with Crippen molar-refractivity contribution in [3.05, 3.63) is 5.69 Å². The highest BCUT2D eigenvalue weighted by atomic mass is 32.2. The lowest BCUT2D eigenvalue weighted by Crippen LogP contribution is -2.33. The third kappa shape index (κ3) is 4.46. The lowest BCUT2D eigenvalue weighted by molar-refractivity contribution is -0.121. The molecule has 0 bridgehead atoms. The van der Waals surface area contributed by atoms with Crippen LogP contribution in [0.5, 0.6) is 5.19 Å². The number of carbonyl (C=O) groups excluding carboxylic acids is 1. The molecule has 1 aromatic rings. The number of sulfonamides is 1. The number of rotatable bonds is 4. The average molecular weight is 306 g/mol. The van der Waals surface area contributed by atoms with Gasteiger partial charge in [-0.05, 0) is 12.3 Å². The minimum atomic E-state index is -3.88. The van der Waals surface area contributed by atoms with Gasteiger partial charge in [0.05, 0.1) is 12.8 Å². The third-order valence-electron chi connectivity index (χ3n) is 2.09. The van der Waals surface area contributed by atoms with Crippen molar-refractivity contribution in [1.82, 2.24) is 9.71 Å². The molecule has 0 spiro atoms. The maximum atomic E-state index is 12.1. The molecule has 0 aromatic carbocycles. The summed E-state index contributed by atoms with van der Waals surface area (Å²) in [5.74, 6) is -0.528. The quantitative estimate of drug-likeness (QED) is 0.915. The summed E-state index contributed by atoms with van der Waals surface area (Å²) in [7, 11) is -2.47. The van der Waals surface area contributed by atoms with E-state index in [9.17, 15) is 13.2 Å². The highest BCUT2D eigenvalue weighted by molar-refractivity contribution is 7.92. The fourth-order valence-electron chi connectivity index (χ4n) is 1.41. The minimum absolute atomic E-state index is 0.00612. The Bertz CT molecular complexity index is 570. The third-order valence-corrected chi connectivity index (χ3v) is 5.19. The van der Waals surface area contributed by atoms with Crippen molar-refractivity contribution in [2.45, 2.75) is 38.3 Å². The van der Waals surface area contributed by atoms with E-state index < -0.39 is 15.9 Å². The number of aromatic nitrogens is 1. The first-order valence-electron chi connectivity index (χ1n) is 5.62. The van der Waals surface area contributed by atoms with Crippen LogP contribution in [-0.2, 0) is 14.8 Å². The van der Waals surface area contributed by atoms with Crippen molar-refractivity contribution < 1.29 is 17.9 Å². The molecule has 1 rings (SSSR count). The molecule has 1 amide bonds. The van der Waals surface area contributed by atoms with Crippen LogP contribution in [0.25, 0.3) is 0 Å². The first kappa shape index (κ1) is 15.9. The van der Waals surface area contributed by atoms with Crippen molar-refractivity contribution in [3.8, 4) is 5.19 Å². The molecule has 1 N–H and O–H groups in total. The van der Waals surface area contributed by atoms with Gasteiger partial charge in [-0.15, -0.1) is 0 Å². The second-order valence-corrected chi connectivity index (χ2v) is 8.16. The Hall–Kier alpha value is -1.15. The number of nitrogens with zero attached hydrogens (tertiary/aromatic N) is 1. The van der Waals surface area contributed by atoms with Gasteiger partial charge in [-0.3, -0.25) is 4.79 Å². The molecule has 0 aliphatic rings. The predicted octanol–water partition coefficient (Wildman–Crippen LogP) is 1.70. The normalized spacial score (nSPS) is 12.3. The van der Waals surface area contributed by atoms with Gasteiger partial charge in [0.2, 0.25) is 5.91 Å². The Morgan fingerprint density at radius 1 is 1.42 bits per heavy atom. The van der Waals surface area contributed by atoms with Gasteiger partial charge in [0, 0.05) is 6.42 Å². The van der Waals surface area contributed by atoms with Crippen LogP contribution < -0.4 is 9.46 Å². The zero-order valence-electron chi connectivity index (χ0n) is 11.6. The van der Waals surface area contributed by atoms with E-state index in [0.29, 0.717) is 5.69 Å². The van der Waals surface area contributed by atoms with Crippen LogP contribution in [0.15, 0.2) is 4.21 Å². The molecule has 0 radical (unpaired) electrons. The van der Waals surface area contributed by atoms with Crippen LogP contribution in [0, 0.1) is 12.3 Å². The van der Waals surface area contributed by atoms with Crippen molar-refractivity contribution in [3.63, 3.8) is 0 Å². The van der Waals surface area contributed by atoms with Gasteiger partial charge >= 0.3 is 0 Å². The first-order chi connectivity index (χ1) is 8.55. The molecule has 19 heavy (non-hydrogen) atoms. The van der Waals surface area contributed by atoms with Crippen LogP contribution in [0.2, 0.25) is 0 Å². The van der Waals surface area contributed by atoms with Crippen molar-refractivity contribution >= 4 is 27.3 Å². The first-order valence-corrected chi connectivity index (χ1v) is 7.92. The molecule has 0 saturated heterocycles. The summed E-state index contributed by atoms with van der Waals surface area (Å²) in [6, 6.07) is 0. The Balaban J connectivity index is 2.92. The van der Waals surface area contributed by atoms with Gasteiger partial charge in [0.15, 0.2) is 4.21 Å². The number of carbonyl (C=O) groups is 1. The van der Waals surface area contributed by atoms with Crippen LogP contribution in [0.4, 0.5) is 0 Å². The summed E-state index contributed by atoms with van der Waals surface area (Å²) in [6.07, 6.45) is 0.126. The topological polar surface area (TPSA) is 85.4 Å². The van der Waals surface area contributed by atoms with Crippen LogP contribution >= 0.6 is 11.3 Å². The van der Waals surface area contributed by atoms with Gasteiger partial charge in [-0.25, -0.2) is 18.1 Å². The lowest BCUT2D eigenvalue weighted by Gasteiger charge is -2.16. The molecular weight excluding hydrogens is 288 g/mol. The number of nitrogens with one attached hydrogen (secondary N) is 1. The molecule has 0 unspecified atom stereocenters.